The molecule has 2 unspecified atom stereocenters. The van der Waals surface area contributed by atoms with Crippen LogP contribution in [0.25, 0.3) is 0 Å². The van der Waals surface area contributed by atoms with Crippen LogP contribution in [0.15, 0.2) is 12.1 Å². The normalized spacial score (nSPS) is 23.8. The molecule has 2 fully saturated rings. The van der Waals surface area contributed by atoms with Crippen molar-refractivity contribution in [3.8, 4) is 6.07 Å². The van der Waals surface area contributed by atoms with Gasteiger partial charge in [-0.2, -0.15) is 5.26 Å². The minimum absolute atomic E-state index is 0.102. The maximum Gasteiger partial charge on any atom is 0.407 e. The van der Waals surface area contributed by atoms with Gasteiger partial charge < -0.3 is 15.0 Å². The van der Waals surface area contributed by atoms with Crippen molar-refractivity contribution in [1.29, 1.82) is 5.26 Å². The summed E-state index contributed by atoms with van der Waals surface area (Å²) in [5.41, 5.74) is 1.19. The van der Waals surface area contributed by atoms with Crippen molar-refractivity contribution in [2.24, 2.45) is 17.8 Å². The number of piperidine rings is 1. The van der Waals surface area contributed by atoms with Crippen LogP contribution < -0.4 is 10.2 Å². The zero-order chi connectivity index (χ0) is 19.9. The summed E-state index contributed by atoms with van der Waals surface area (Å²) < 4.78 is 19.7. The fraction of sp³-hybridized carbons (Fsp3) is 0.619. The van der Waals surface area contributed by atoms with Gasteiger partial charge in [-0.1, -0.05) is 13.8 Å². The Morgan fingerprint density at radius 2 is 2.00 bits per heavy atom. The van der Waals surface area contributed by atoms with Crippen molar-refractivity contribution in [3.63, 3.8) is 0 Å². The number of carbonyl (C=O) groups is 1. The molecule has 1 saturated carbocycles. The molecule has 1 aliphatic carbocycles. The molecule has 0 aromatic heterocycles. The summed E-state index contributed by atoms with van der Waals surface area (Å²) in [5.74, 6) is 0.607. The molecule has 1 N–H and O–H groups in total. The molecule has 0 spiro atoms. The molecule has 1 aliphatic heterocycles. The number of alkyl carbamates (subject to hydrolysis) is 1. The highest BCUT2D eigenvalue weighted by molar-refractivity contribution is 5.69. The molecule has 146 valence electrons. The monoisotopic (exact) mass is 373 g/mol. The number of hydrogen-bond acceptors (Lipinski definition) is 4. The van der Waals surface area contributed by atoms with Gasteiger partial charge >= 0.3 is 6.09 Å². The van der Waals surface area contributed by atoms with Gasteiger partial charge in [0.1, 0.15) is 23.1 Å². The molecule has 5 nitrogen and oxygen atoms in total. The Morgan fingerprint density at radius 3 is 2.52 bits per heavy atom. The number of nitrogens with zero attached hydrogens (tertiary/aromatic N) is 2. The molecular formula is C21H28FN3O2. The Labute approximate surface area is 160 Å². The van der Waals surface area contributed by atoms with Gasteiger partial charge in [0.05, 0.1) is 5.69 Å². The smallest absolute Gasteiger partial charge is 0.407 e. The Morgan fingerprint density at radius 1 is 1.37 bits per heavy atom. The largest absolute Gasteiger partial charge is 0.444 e. The highest BCUT2D eigenvalue weighted by Crippen LogP contribution is 2.47. The lowest BCUT2D eigenvalue weighted by Gasteiger charge is -2.25. The summed E-state index contributed by atoms with van der Waals surface area (Å²) in [5, 5.41) is 12.3. The highest BCUT2D eigenvalue weighted by Gasteiger charge is 2.57. The van der Waals surface area contributed by atoms with E-state index in [1.165, 1.54) is 6.07 Å². The lowest BCUT2D eigenvalue weighted by molar-refractivity contribution is 0.0518. The quantitative estimate of drug-likeness (QED) is 0.870. The number of fused-ring (bicyclic) bond motifs is 1. The zero-order valence-corrected chi connectivity index (χ0v) is 16.7. The minimum Gasteiger partial charge on any atom is -0.444 e. The molecule has 1 aromatic rings. The van der Waals surface area contributed by atoms with E-state index in [4.69, 9.17) is 4.74 Å². The van der Waals surface area contributed by atoms with E-state index >= 15 is 0 Å². The first-order valence-corrected chi connectivity index (χ1v) is 9.56. The molecule has 2 atom stereocenters. The van der Waals surface area contributed by atoms with Crippen molar-refractivity contribution in [2.45, 2.75) is 52.7 Å². The number of hydrogen-bond donors (Lipinski definition) is 1. The molecule has 0 bridgehead atoms. The first kappa shape index (κ1) is 19.5. The zero-order valence-electron chi connectivity index (χ0n) is 16.7. The van der Waals surface area contributed by atoms with Gasteiger partial charge in [-0.25, -0.2) is 9.18 Å². The van der Waals surface area contributed by atoms with Gasteiger partial charge in [0, 0.05) is 31.0 Å². The Kier molecular flexibility index (Phi) is 5.07. The Hall–Kier alpha value is -2.29. The van der Waals surface area contributed by atoms with Crippen molar-refractivity contribution >= 4 is 11.8 Å². The van der Waals surface area contributed by atoms with Crippen molar-refractivity contribution in [2.75, 3.05) is 18.0 Å². The van der Waals surface area contributed by atoms with Crippen LogP contribution in [0.1, 0.15) is 45.7 Å². The third-order valence-electron chi connectivity index (χ3n) is 5.10. The van der Waals surface area contributed by atoms with Crippen LogP contribution in [0.2, 0.25) is 0 Å². The SMILES string of the molecule is CC(C)Cc1cc(F)c(C#N)c(N2CC3C(C2)C3NC(=O)OC(C)(C)C)c1. The Bertz CT molecular complexity index is 767. The van der Waals surface area contributed by atoms with Crippen LogP contribution in [0.4, 0.5) is 14.9 Å². The third-order valence-corrected chi connectivity index (χ3v) is 5.10. The van der Waals surface area contributed by atoms with E-state index in [9.17, 15) is 14.4 Å². The van der Waals surface area contributed by atoms with E-state index in [2.05, 4.69) is 24.1 Å². The number of benzene rings is 1. The summed E-state index contributed by atoms with van der Waals surface area (Å²) >= 11 is 0. The van der Waals surface area contributed by atoms with Crippen LogP contribution in [0.5, 0.6) is 0 Å². The number of nitrogens with one attached hydrogen (secondary N) is 1. The van der Waals surface area contributed by atoms with Crippen molar-refractivity contribution in [1.82, 2.24) is 5.32 Å². The van der Waals surface area contributed by atoms with E-state index < -0.39 is 17.5 Å². The predicted molar refractivity (Wildman–Crippen MR) is 102 cm³/mol. The van der Waals surface area contributed by atoms with Crippen LogP contribution >= 0.6 is 0 Å². The number of ether oxygens (including phenoxy) is 1. The number of nitriles is 1. The number of amides is 1. The predicted octanol–water partition coefficient (Wildman–Crippen LogP) is 3.86. The van der Waals surface area contributed by atoms with Crippen LogP contribution in [-0.2, 0) is 11.2 Å². The number of anilines is 1. The Balaban J connectivity index is 1.67. The van der Waals surface area contributed by atoms with E-state index in [0.717, 1.165) is 12.0 Å². The van der Waals surface area contributed by atoms with Gasteiger partial charge in [0.15, 0.2) is 0 Å². The minimum atomic E-state index is -0.518. The van der Waals surface area contributed by atoms with Crippen LogP contribution in [0.3, 0.4) is 0 Å². The number of halogens is 1. The summed E-state index contributed by atoms with van der Waals surface area (Å²) in [7, 11) is 0. The molecular weight excluding hydrogens is 345 g/mol. The van der Waals surface area contributed by atoms with Gasteiger partial charge in [-0.15, -0.1) is 0 Å². The van der Waals surface area contributed by atoms with Crippen molar-refractivity contribution < 1.29 is 13.9 Å². The standard InChI is InChI=1S/C21H28FN3O2/c1-12(2)6-13-7-17(22)14(9-23)18(8-13)25-10-15-16(11-25)19(15)24-20(26)27-21(3,4)5/h7-8,12,15-16,19H,6,10-11H2,1-5H3,(H,24,26). The summed E-state index contributed by atoms with van der Waals surface area (Å²) in [6.07, 6.45) is 0.384. The topological polar surface area (TPSA) is 65.4 Å². The second-order valence-electron chi connectivity index (χ2n) is 9.09. The molecule has 3 rings (SSSR count). The van der Waals surface area contributed by atoms with Gasteiger partial charge in [0.2, 0.25) is 0 Å². The van der Waals surface area contributed by atoms with E-state index in [0.29, 0.717) is 36.5 Å². The summed E-state index contributed by atoms with van der Waals surface area (Å²) in [6, 6.07) is 5.54. The fourth-order valence-electron chi connectivity index (χ4n) is 3.98. The fourth-order valence-corrected chi connectivity index (χ4v) is 3.98. The summed E-state index contributed by atoms with van der Waals surface area (Å²) in [4.78, 5) is 14.0. The van der Waals surface area contributed by atoms with Gasteiger partial charge in [0.25, 0.3) is 0 Å². The maximum atomic E-state index is 14.4. The second-order valence-corrected chi connectivity index (χ2v) is 9.09. The molecule has 0 radical (unpaired) electrons. The van der Waals surface area contributed by atoms with E-state index in [1.54, 1.807) is 0 Å². The first-order valence-electron chi connectivity index (χ1n) is 9.56. The average Bonchev–Trinajstić information content (AvgIpc) is 2.96. The molecule has 1 amide bonds. The van der Waals surface area contributed by atoms with Gasteiger partial charge in [-0.3, -0.25) is 0 Å². The van der Waals surface area contributed by atoms with Crippen LogP contribution in [-0.4, -0.2) is 30.8 Å². The van der Waals surface area contributed by atoms with Crippen LogP contribution in [0, 0.1) is 34.9 Å². The summed E-state index contributed by atoms with van der Waals surface area (Å²) in [6.45, 7) is 11.1. The molecule has 2 aliphatic rings. The second kappa shape index (κ2) is 7.03. The molecule has 6 heteroatoms. The van der Waals surface area contributed by atoms with E-state index in [1.807, 2.05) is 32.9 Å². The maximum absolute atomic E-state index is 14.4. The van der Waals surface area contributed by atoms with Gasteiger partial charge in [-0.05, 0) is 50.8 Å². The lowest BCUT2D eigenvalue weighted by atomic mass is 9.99. The first-order chi connectivity index (χ1) is 12.6. The lowest BCUT2D eigenvalue weighted by Crippen LogP contribution is -2.38. The number of carbonyl (C=O) groups excluding carboxylic acids is 1. The average molecular weight is 373 g/mol. The number of rotatable bonds is 4. The molecule has 1 saturated heterocycles. The molecule has 27 heavy (non-hydrogen) atoms. The molecule has 1 heterocycles. The van der Waals surface area contributed by atoms with Crippen molar-refractivity contribution in [3.05, 3.63) is 29.1 Å². The van der Waals surface area contributed by atoms with E-state index in [-0.39, 0.29) is 11.6 Å². The highest BCUT2D eigenvalue weighted by atomic mass is 19.1. The molecule has 1 aromatic carbocycles. The third kappa shape index (κ3) is 4.35.